The summed E-state index contributed by atoms with van der Waals surface area (Å²) in [6.07, 6.45) is 1.74. The third-order valence-electron chi connectivity index (χ3n) is 6.49. The minimum absolute atomic E-state index is 0.105. The Morgan fingerprint density at radius 1 is 1.19 bits per heavy atom. The summed E-state index contributed by atoms with van der Waals surface area (Å²) in [6, 6.07) is 11.1. The Kier molecular flexibility index (Phi) is 6.13. The summed E-state index contributed by atoms with van der Waals surface area (Å²) in [5.74, 6) is 0.534. The number of hydrogen-bond acceptors (Lipinski definition) is 7. The number of aryl methyl sites for hydroxylation is 2. The Morgan fingerprint density at radius 2 is 1.97 bits per heavy atom. The number of H-pyrrole nitrogens is 1. The van der Waals surface area contributed by atoms with Crippen LogP contribution in [0.4, 0.5) is 0 Å². The van der Waals surface area contributed by atoms with Crippen molar-refractivity contribution in [2.45, 2.75) is 33.2 Å². The summed E-state index contributed by atoms with van der Waals surface area (Å²) in [7, 11) is 1.60. The molecule has 2 aromatic heterocycles. The van der Waals surface area contributed by atoms with Crippen LogP contribution >= 0.6 is 0 Å². The Labute approximate surface area is 208 Å². The van der Waals surface area contributed by atoms with E-state index in [1.807, 2.05) is 45.0 Å². The number of amides is 1. The number of nitrogens with zero attached hydrogens (tertiary/aromatic N) is 4. The molecule has 0 saturated heterocycles. The third-order valence-corrected chi connectivity index (χ3v) is 6.49. The molecule has 36 heavy (non-hydrogen) atoms. The van der Waals surface area contributed by atoms with Gasteiger partial charge in [0.15, 0.2) is 11.5 Å². The van der Waals surface area contributed by atoms with Crippen LogP contribution in [-0.4, -0.2) is 51.2 Å². The van der Waals surface area contributed by atoms with E-state index in [4.69, 9.17) is 9.47 Å². The molecule has 0 saturated carbocycles. The van der Waals surface area contributed by atoms with Crippen molar-refractivity contribution in [3.63, 3.8) is 0 Å². The van der Waals surface area contributed by atoms with Gasteiger partial charge >= 0.3 is 0 Å². The van der Waals surface area contributed by atoms with E-state index in [0.717, 1.165) is 28.2 Å². The molecule has 2 aromatic carbocycles. The molecule has 9 heteroatoms. The maximum absolute atomic E-state index is 13.7. The predicted molar refractivity (Wildman–Crippen MR) is 135 cm³/mol. The van der Waals surface area contributed by atoms with Crippen LogP contribution in [-0.2, 0) is 11.3 Å². The van der Waals surface area contributed by atoms with Crippen LogP contribution in [0, 0.1) is 13.8 Å². The van der Waals surface area contributed by atoms with Gasteiger partial charge in [-0.2, -0.15) is 5.10 Å². The van der Waals surface area contributed by atoms with Crippen molar-refractivity contribution in [2.75, 3.05) is 20.3 Å². The van der Waals surface area contributed by atoms with Gasteiger partial charge in [0.25, 0.3) is 5.56 Å². The van der Waals surface area contributed by atoms with Crippen molar-refractivity contribution in [1.82, 2.24) is 25.1 Å². The summed E-state index contributed by atoms with van der Waals surface area (Å²) in [5, 5.41) is 7.95. The first kappa shape index (κ1) is 23.5. The fourth-order valence-electron chi connectivity index (χ4n) is 4.63. The van der Waals surface area contributed by atoms with Crippen molar-refractivity contribution in [2.24, 2.45) is 0 Å². The molecule has 184 valence electrons. The fourth-order valence-corrected chi connectivity index (χ4v) is 4.63. The van der Waals surface area contributed by atoms with E-state index >= 15 is 0 Å². The highest BCUT2D eigenvalue weighted by molar-refractivity contribution is 5.91. The monoisotopic (exact) mass is 485 g/mol. The van der Waals surface area contributed by atoms with Gasteiger partial charge < -0.3 is 14.4 Å². The number of aromatic nitrogens is 4. The van der Waals surface area contributed by atoms with E-state index in [1.54, 1.807) is 30.3 Å². The number of hydrogen-bond donors (Lipinski definition) is 1. The van der Waals surface area contributed by atoms with Gasteiger partial charge in [-0.25, -0.2) is 10.1 Å². The van der Waals surface area contributed by atoms with Crippen LogP contribution in [0.5, 0.6) is 11.5 Å². The lowest BCUT2D eigenvalue weighted by molar-refractivity contribution is -0.133. The fraction of sp³-hybridized carbons (Fsp3) is 0.296. The Hall–Kier alpha value is -4.27. The number of fused-ring (bicyclic) bond motifs is 2. The smallest absolute Gasteiger partial charge is 0.272 e. The molecule has 5 rings (SSSR count). The number of rotatable bonds is 4. The predicted octanol–water partition coefficient (Wildman–Crippen LogP) is 3.53. The van der Waals surface area contributed by atoms with Gasteiger partial charge in [-0.15, -0.1) is 0 Å². The number of carbonyl (C=O) groups excluding carboxylic acids is 1. The standard InChI is InChI=1S/C27H27N5O4/c1-15-13-28-17(3)24(29-15)18-11-19-14-32(9-10-36-25(19)22(12-18)35-4)27(34)16(2)23-20-7-5-6-8-21(20)26(33)31-30-23/h5-8,11-13,16H,9-10,14H2,1-4H3,(H,31,33). The zero-order valence-electron chi connectivity index (χ0n) is 20.7. The third kappa shape index (κ3) is 4.17. The lowest BCUT2D eigenvalue weighted by Gasteiger charge is -2.24. The second-order valence-electron chi connectivity index (χ2n) is 8.93. The van der Waals surface area contributed by atoms with E-state index in [2.05, 4.69) is 20.2 Å². The molecule has 1 atom stereocenters. The molecule has 9 nitrogen and oxygen atoms in total. The summed E-state index contributed by atoms with van der Waals surface area (Å²) in [5.41, 5.74) is 4.30. The molecule has 0 aliphatic carbocycles. The molecule has 1 aliphatic heterocycles. The van der Waals surface area contributed by atoms with Gasteiger partial charge in [0.05, 0.1) is 47.7 Å². The molecule has 1 N–H and O–H groups in total. The highest BCUT2D eigenvalue weighted by atomic mass is 16.5. The van der Waals surface area contributed by atoms with E-state index in [0.29, 0.717) is 47.7 Å². The molecule has 0 fully saturated rings. The van der Waals surface area contributed by atoms with Crippen molar-refractivity contribution < 1.29 is 14.3 Å². The van der Waals surface area contributed by atoms with Gasteiger partial charge in [-0.3, -0.25) is 14.6 Å². The Balaban J connectivity index is 1.52. The van der Waals surface area contributed by atoms with E-state index in [-0.39, 0.29) is 11.5 Å². The van der Waals surface area contributed by atoms with Crippen molar-refractivity contribution >= 4 is 16.7 Å². The Bertz CT molecular complexity index is 1530. The summed E-state index contributed by atoms with van der Waals surface area (Å²) in [4.78, 5) is 36.8. The molecular formula is C27H27N5O4. The quantitative estimate of drug-likeness (QED) is 0.471. The average molecular weight is 486 g/mol. The summed E-state index contributed by atoms with van der Waals surface area (Å²) in [6.45, 7) is 6.68. The van der Waals surface area contributed by atoms with Crippen LogP contribution in [0.1, 0.15) is 35.5 Å². The minimum Gasteiger partial charge on any atom is -0.493 e. The van der Waals surface area contributed by atoms with Gasteiger partial charge in [0, 0.05) is 29.3 Å². The van der Waals surface area contributed by atoms with Crippen LogP contribution in [0.25, 0.3) is 22.0 Å². The van der Waals surface area contributed by atoms with Gasteiger partial charge in [-0.05, 0) is 39.0 Å². The molecule has 1 unspecified atom stereocenters. The maximum Gasteiger partial charge on any atom is 0.272 e. The summed E-state index contributed by atoms with van der Waals surface area (Å²) < 4.78 is 11.7. The molecule has 0 spiro atoms. The topological polar surface area (TPSA) is 110 Å². The maximum atomic E-state index is 13.7. The van der Waals surface area contributed by atoms with E-state index in [1.165, 1.54) is 0 Å². The molecule has 4 aromatic rings. The highest BCUT2D eigenvalue weighted by Gasteiger charge is 2.29. The van der Waals surface area contributed by atoms with Gasteiger partial charge in [0.1, 0.15) is 6.61 Å². The van der Waals surface area contributed by atoms with Gasteiger partial charge in [-0.1, -0.05) is 18.2 Å². The SMILES string of the molecule is COc1cc(-c2nc(C)cnc2C)cc2c1OCCN(C(=O)C(C)c1n[nH]c(=O)c3ccccc13)C2. The van der Waals surface area contributed by atoms with E-state index in [9.17, 15) is 9.59 Å². The minimum atomic E-state index is -0.566. The number of benzene rings is 2. The molecule has 1 aliphatic rings. The zero-order chi connectivity index (χ0) is 25.4. The Morgan fingerprint density at radius 3 is 2.75 bits per heavy atom. The van der Waals surface area contributed by atoms with Crippen LogP contribution in [0.3, 0.4) is 0 Å². The zero-order valence-corrected chi connectivity index (χ0v) is 20.7. The lowest BCUT2D eigenvalue weighted by atomic mass is 9.99. The van der Waals surface area contributed by atoms with Crippen molar-refractivity contribution in [3.8, 4) is 22.8 Å². The molecule has 0 bridgehead atoms. The first-order valence-corrected chi connectivity index (χ1v) is 11.8. The molecule has 0 radical (unpaired) electrons. The highest BCUT2D eigenvalue weighted by Crippen LogP contribution is 2.39. The lowest BCUT2D eigenvalue weighted by Crippen LogP contribution is -2.36. The molecule has 3 heterocycles. The number of aromatic amines is 1. The van der Waals surface area contributed by atoms with Crippen LogP contribution < -0.4 is 15.0 Å². The molecular weight excluding hydrogens is 458 g/mol. The average Bonchev–Trinajstić information content (AvgIpc) is 3.11. The second kappa shape index (κ2) is 9.41. The summed E-state index contributed by atoms with van der Waals surface area (Å²) >= 11 is 0. The number of nitrogens with one attached hydrogen (secondary N) is 1. The number of ether oxygens (including phenoxy) is 2. The largest absolute Gasteiger partial charge is 0.493 e. The van der Waals surface area contributed by atoms with Crippen molar-refractivity contribution in [3.05, 3.63) is 75.6 Å². The first-order chi connectivity index (χ1) is 17.4. The van der Waals surface area contributed by atoms with E-state index < -0.39 is 5.92 Å². The molecule has 1 amide bonds. The number of methoxy groups -OCH3 is 1. The van der Waals surface area contributed by atoms with Crippen LogP contribution in [0.15, 0.2) is 47.4 Å². The number of carbonyl (C=O) groups is 1. The van der Waals surface area contributed by atoms with Crippen LogP contribution in [0.2, 0.25) is 0 Å². The normalized spacial score (nSPS) is 14.1. The first-order valence-electron chi connectivity index (χ1n) is 11.8. The second-order valence-corrected chi connectivity index (χ2v) is 8.93. The van der Waals surface area contributed by atoms with Crippen molar-refractivity contribution in [1.29, 1.82) is 0 Å². The van der Waals surface area contributed by atoms with Gasteiger partial charge in [0.2, 0.25) is 5.91 Å².